The first-order valence-corrected chi connectivity index (χ1v) is 11.4. The molecular formula is C18H17N3OS4. The summed E-state index contributed by atoms with van der Waals surface area (Å²) in [7, 11) is 3.97. The number of aromatic nitrogens is 1. The average molecular weight is 420 g/mol. The molecule has 0 saturated heterocycles. The van der Waals surface area contributed by atoms with Gasteiger partial charge in [-0.1, -0.05) is 23.5 Å². The number of hydrogen-bond donors (Lipinski definition) is 0. The topological polar surface area (TPSA) is 36.4 Å². The van der Waals surface area contributed by atoms with Crippen molar-refractivity contribution in [1.29, 1.82) is 0 Å². The zero-order valence-electron chi connectivity index (χ0n) is 14.3. The van der Waals surface area contributed by atoms with Crippen molar-refractivity contribution < 1.29 is 4.79 Å². The Balaban J connectivity index is 1.61. The van der Waals surface area contributed by atoms with Gasteiger partial charge in [-0.05, 0) is 29.0 Å². The second-order valence-corrected chi connectivity index (χ2v) is 10.1. The number of fused-ring (bicyclic) bond motifs is 1. The van der Waals surface area contributed by atoms with Crippen molar-refractivity contribution in [2.24, 2.45) is 0 Å². The summed E-state index contributed by atoms with van der Waals surface area (Å²) in [6.07, 6.45) is 0. The largest absolute Gasteiger partial charge is 0.354 e. The van der Waals surface area contributed by atoms with Crippen LogP contribution in [0.25, 0.3) is 9.53 Å². The van der Waals surface area contributed by atoms with Gasteiger partial charge in [-0.3, -0.25) is 4.79 Å². The third-order valence-electron chi connectivity index (χ3n) is 3.81. The van der Waals surface area contributed by atoms with Crippen molar-refractivity contribution in [1.82, 2.24) is 9.88 Å². The summed E-state index contributed by atoms with van der Waals surface area (Å²) in [6, 6.07) is 10.2. The molecule has 0 unspecified atom stereocenters. The van der Waals surface area contributed by atoms with Gasteiger partial charge in [0.2, 0.25) is 0 Å². The van der Waals surface area contributed by atoms with E-state index in [1.165, 1.54) is 21.1 Å². The number of thiophene rings is 3. The van der Waals surface area contributed by atoms with Crippen molar-refractivity contribution in [2.45, 2.75) is 13.1 Å². The first-order valence-electron chi connectivity index (χ1n) is 8.02. The number of rotatable bonds is 6. The van der Waals surface area contributed by atoms with E-state index in [2.05, 4.69) is 27.9 Å². The highest BCUT2D eigenvalue weighted by molar-refractivity contribution is 7.29. The number of nitrogens with zero attached hydrogens (tertiary/aromatic N) is 3. The smallest absolute Gasteiger partial charge is 0.264 e. The summed E-state index contributed by atoms with van der Waals surface area (Å²) in [4.78, 5) is 25.8. The number of hydrogen-bond acceptors (Lipinski definition) is 7. The van der Waals surface area contributed by atoms with Crippen molar-refractivity contribution in [2.75, 3.05) is 19.0 Å². The molecule has 8 heteroatoms. The molecule has 0 atom stereocenters. The molecule has 0 aliphatic heterocycles. The molecule has 0 radical (unpaired) electrons. The van der Waals surface area contributed by atoms with Gasteiger partial charge < -0.3 is 9.80 Å². The fourth-order valence-corrected chi connectivity index (χ4v) is 6.10. The zero-order valence-corrected chi connectivity index (χ0v) is 17.6. The summed E-state index contributed by atoms with van der Waals surface area (Å²) in [5.74, 6) is 0.0772. The molecule has 1 amide bonds. The van der Waals surface area contributed by atoms with E-state index in [4.69, 9.17) is 0 Å². The van der Waals surface area contributed by atoms with Gasteiger partial charge in [0.25, 0.3) is 5.91 Å². The average Bonchev–Trinajstić information content (AvgIpc) is 3.37. The zero-order chi connectivity index (χ0) is 18.1. The third kappa shape index (κ3) is 3.68. The Morgan fingerprint density at radius 2 is 1.69 bits per heavy atom. The molecule has 4 aromatic rings. The summed E-state index contributed by atoms with van der Waals surface area (Å²) < 4.78 is 1.08. The molecule has 4 aromatic heterocycles. The van der Waals surface area contributed by atoms with Gasteiger partial charge in [-0.2, -0.15) is 0 Å². The molecule has 26 heavy (non-hydrogen) atoms. The number of thiazole rings is 1. The van der Waals surface area contributed by atoms with E-state index >= 15 is 0 Å². The number of amides is 1. The summed E-state index contributed by atoms with van der Waals surface area (Å²) in [5, 5.41) is 5.08. The Hall–Kier alpha value is -1.74. The van der Waals surface area contributed by atoms with E-state index < -0.39 is 0 Å². The summed E-state index contributed by atoms with van der Waals surface area (Å²) in [5.41, 5.74) is 0. The molecule has 0 bridgehead atoms. The minimum Gasteiger partial charge on any atom is -0.354 e. The van der Waals surface area contributed by atoms with Crippen LogP contribution in [0.15, 0.2) is 41.1 Å². The van der Waals surface area contributed by atoms with Crippen molar-refractivity contribution in [3.63, 3.8) is 0 Å². The second-order valence-electron chi connectivity index (χ2n) is 5.99. The Morgan fingerprint density at radius 1 is 1.04 bits per heavy atom. The fourth-order valence-electron chi connectivity index (χ4n) is 2.56. The van der Waals surface area contributed by atoms with Gasteiger partial charge in [-0.15, -0.1) is 34.0 Å². The maximum atomic E-state index is 13.2. The first kappa shape index (κ1) is 17.7. The molecule has 0 aliphatic rings. The number of carbonyl (C=O) groups excluding carboxylic acids is 1. The van der Waals surface area contributed by atoms with Crippen LogP contribution in [-0.2, 0) is 13.1 Å². The van der Waals surface area contributed by atoms with Crippen LogP contribution in [0.2, 0.25) is 0 Å². The van der Waals surface area contributed by atoms with E-state index in [1.54, 1.807) is 34.0 Å². The third-order valence-corrected chi connectivity index (χ3v) is 7.85. The maximum absolute atomic E-state index is 13.2. The molecule has 4 rings (SSSR count). The normalized spacial score (nSPS) is 11.2. The lowest BCUT2D eigenvalue weighted by Gasteiger charge is -2.20. The van der Waals surface area contributed by atoms with Crippen LogP contribution in [0.5, 0.6) is 0 Å². The molecule has 0 fully saturated rings. The standard InChI is InChI=1S/C18H17N3OS4/c1-20(2)18-19-16-14(26-18)9-15(25-16)17(22)21(10-12-5-3-7-23-12)11-13-6-4-8-24-13/h3-9H,10-11H2,1-2H3. The van der Waals surface area contributed by atoms with E-state index in [9.17, 15) is 4.79 Å². The molecule has 134 valence electrons. The molecule has 0 spiro atoms. The Kier molecular flexibility index (Phi) is 5.08. The van der Waals surface area contributed by atoms with E-state index in [1.807, 2.05) is 42.1 Å². The Morgan fingerprint density at radius 3 is 2.19 bits per heavy atom. The van der Waals surface area contributed by atoms with E-state index in [0.29, 0.717) is 13.1 Å². The van der Waals surface area contributed by atoms with Gasteiger partial charge in [0.1, 0.15) is 4.83 Å². The predicted octanol–water partition coefficient (Wildman–Crippen LogP) is 5.39. The van der Waals surface area contributed by atoms with Crippen LogP contribution < -0.4 is 4.90 Å². The number of anilines is 1. The SMILES string of the molecule is CN(C)c1nc2sc(C(=O)N(Cc3cccs3)Cc3cccs3)cc2s1. The molecule has 0 N–H and O–H groups in total. The lowest BCUT2D eigenvalue weighted by Crippen LogP contribution is -2.28. The molecule has 4 nitrogen and oxygen atoms in total. The van der Waals surface area contributed by atoms with Gasteiger partial charge in [0.05, 0.1) is 22.7 Å². The van der Waals surface area contributed by atoms with Crippen LogP contribution in [0.1, 0.15) is 19.4 Å². The fraction of sp³-hybridized carbons (Fsp3) is 0.222. The summed E-state index contributed by atoms with van der Waals surface area (Å²) >= 11 is 6.48. The van der Waals surface area contributed by atoms with Crippen molar-refractivity contribution in [3.05, 3.63) is 55.7 Å². The quantitative estimate of drug-likeness (QED) is 0.420. The molecule has 0 saturated carbocycles. The monoisotopic (exact) mass is 419 g/mol. The van der Waals surface area contributed by atoms with Crippen LogP contribution >= 0.6 is 45.3 Å². The molecule has 0 aliphatic carbocycles. The van der Waals surface area contributed by atoms with Crippen LogP contribution in [0.3, 0.4) is 0 Å². The molecule has 0 aromatic carbocycles. The van der Waals surface area contributed by atoms with Gasteiger partial charge in [0, 0.05) is 23.8 Å². The molecular weight excluding hydrogens is 402 g/mol. The summed E-state index contributed by atoms with van der Waals surface area (Å²) in [6.45, 7) is 1.27. The van der Waals surface area contributed by atoms with E-state index in [0.717, 1.165) is 19.5 Å². The Bertz CT molecular complexity index is 931. The van der Waals surface area contributed by atoms with Crippen LogP contribution in [-0.4, -0.2) is 29.9 Å². The van der Waals surface area contributed by atoms with Gasteiger partial charge in [0.15, 0.2) is 5.13 Å². The van der Waals surface area contributed by atoms with Crippen molar-refractivity contribution >= 4 is 65.9 Å². The van der Waals surface area contributed by atoms with E-state index in [-0.39, 0.29) is 5.91 Å². The maximum Gasteiger partial charge on any atom is 0.264 e. The van der Waals surface area contributed by atoms with Crippen LogP contribution in [0.4, 0.5) is 5.13 Å². The minimum absolute atomic E-state index is 0.0772. The van der Waals surface area contributed by atoms with Gasteiger partial charge in [-0.25, -0.2) is 4.98 Å². The minimum atomic E-state index is 0.0772. The lowest BCUT2D eigenvalue weighted by atomic mass is 10.3. The highest BCUT2D eigenvalue weighted by atomic mass is 32.1. The second kappa shape index (κ2) is 7.48. The van der Waals surface area contributed by atoms with Gasteiger partial charge >= 0.3 is 0 Å². The number of carbonyl (C=O) groups is 1. The van der Waals surface area contributed by atoms with Crippen molar-refractivity contribution in [3.8, 4) is 0 Å². The highest BCUT2D eigenvalue weighted by Gasteiger charge is 2.21. The van der Waals surface area contributed by atoms with Crippen LogP contribution in [0, 0.1) is 0 Å². The highest BCUT2D eigenvalue weighted by Crippen LogP contribution is 2.35. The molecule has 4 heterocycles. The lowest BCUT2D eigenvalue weighted by molar-refractivity contribution is 0.0738. The first-order chi connectivity index (χ1) is 12.6. The Labute approximate surface area is 168 Å². The predicted molar refractivity (Wildman–Crippen MR) is 114 cm³/mol.